The van der Waals surface area contributed by atoms with Crippen LogP contribution in [0.2, 0.25) is 0 Å². The molecule has 0 saturated heterocycles. The monoisotopic (exact) mass is 660 g/mol. The number of unbranched alkanes of at least 4 members (excludes halogenated alkanes) is 6. The molecule has 2 saturated carbocycles. The Hall–Kier alpha value is -2.64. The Kier molecular flexibility index (Phi) is 19.7. The second kappa shape index (κ2) is 22.8. The summed E-state index contributed by atoms with van der Waals surface area (Å²) in [5, 5.41) is 0. The van der Waals surface area contributed by atoms with Gasteiger partial charge in [0.15, 0.2) is 0 Å². The van der Waals surface area contributed by atoms with E-state index in [9.17, 15) is 19.2 Å². The van der Waals surface area contributed by atoms with Crippen LogP contribution in [0.4, 0.5) is 0 Å². The Balaban J connectivity index is 1.77. The fourth-order valence-corrected chi connectivity index (χ4v) is 7.27. The predicted octanol–water partition coefficient (Wildman–Crippen LogP) is 9.00. The number of esters is 4. The average molecular weight is 661 g/mol. The SMILES string of the molecule is C=C(C)C(=O)OCCCCCCOC(=O)CC1(CC(=O)OCCCCCCOC(=O)C(=C)C)CCC(C2CCC(CCC)CC2)CC1. The van der Waals surface area contributed by atoms with Crippen molar-refractivity contribution in [2.75, 3.05) is 26.4 Å². The smallest absolute Gasteiger partial charge is 0.333 e. The molecule has 2 fully saturated rings. The molecule has 8 heteroatoms. The van der Waals surface area contributed by atoms with Crippen LogP contribution in [-0.4, -0.2) is 50.3 Å². The number of hydrogen-bond acceptors (Lipinski definition) is 8. The average Bonchev–Trinajstić information content (AvgIpc) is 3.04. The van der Waals surface area contributed by atoms with Crippen molar-refractivity contribution in [3.8, 4) is 0 Å². The van der Waals surface area contributed by atoms with Gasteiger partial charge in [-0.25, -0.2) is 9.59 Å². The van der Waals surface area contributed by atoms with E-state index >= 15 is 0 Å². The van der Waals surface area contributed by atoms with Gasteiger partial charge in [-0.2, -0.15) is 0 Å². The molecule has 268 valence electrons. The van der Waals surface area contributed by atoms with Gasteiger partial charge < -0.3 is 18.9 Å². The number of hydrogen-bond donors (Lipinski definition) is 0. The van der Waals surface area contributed by atoms with Crippen molar-refractivity contribution in [3.05, 3.63) is 24.3 Å². The molecule has 0 unspecified atom stereocenters. The Bertz CT molecular complexity index is 927. The van der Waals surface area contributed by atoms with E-state index in [1.807, 2.05) is 0 Å². The fraction of sp³-hybridized carbons (Fsp3) is 0.795. The molecular weight excluding hydrogens is 596 g/mol. The van der Waals surface area contributed by atoms with Gasteiger partial charge in [0.2, 0.25) is 0 Å². The second-order valence-corrected chi connectivity index (χ2v) is 14.4. The van der Waals surface area contributed by atoms with E-state index in [-0.39, 0.29) is 36.7 Å². The minimum Gasteiger partial charge on any atom is -0.466 e. The molecule has 0 aromatic heterocycles. The molecule has 0 radical (unpaired) electrons. The molecule has 0 N–H and O–H groups in total. The first-order valence-corrected chi connectivity index (χ1v) is 18.5. The largest absolute Gasteiger partial charge is 0.466 e. The first-order valence-electron chi connectivity index (χ1n) is 18.5. The highest BCUT2D eigenvalue weighted by Crippen LogP contribution is 2.49. The Morgan fingerprint density at radius 2 is 0.957 bits per heavy atom. The molecule has 0 heterocycles. The molecule has 2 aliphatic rings. The molecule has 0 bridgehead atoms. The highest BCUT2D eigenvalue weighted by Gasteiger charge is 2.42. The van der Waals surface area contributed by atoms with Gasteiger partial charge in [0, 0.05) is 11.1 Å². The van der Waals surface area contributed by atoms with Crippen molar-refractivity contribution in [1.29, 1.82) is 0 Å². The summed E-state index contributed by atoms with van der Waals surface area (Å²) in [6.45, 7) is 14.2. The first-order chi connectivity index (χ1) is 22.5. The number of rotatable bonds is 23. The van der Waals surface area contributed by atoms with Gasteiger partial charge in [-0.05, 0) is 127 Å². The van der Waals surface area contributed by atoms with Crippen molar-refractivity contribution in [1.82, 2.24) is 0 Å². The molecule has 2 rings (SSSR count). The second-order valence-electron chi connectivity index (χ2n) is 14.4. The lowest BCUT2D eigenvalue weighted by atomic mass is 9.62. The quantitative estimate of drug-likeness (QED) is 0.0463. The number of ether oxygens (including phenoxy) is 4. The van der Waals surface area contributed by atoms with Crippen molar-refractivity contribution < 1.29 is 38.1 Å². The molecule has 0 spiro atoms. The fourth-order valence-electron chi connectivity index (χ4n) is 7.27. The zero-order chi connectivity index (χ0) is 34.5. The van der Waals surface area contributed by atoms with Crippen LogP contribution < -0.4 is 0 Å². The maximum Gasteiger partial charge on any atom is 0.333 e. The van der Waals surface area contributed by atoms with Gasteiger partial charge in [0.1, 0.15) is 0 Å². The molecular formula is C39H64O8. The molecule has 47 heavy (non-hydrogen) atoms. The van der Waals surface area contributed by atoms with Crippen LogP contribution in [0, 0.1) is 23.2 Å². The summed E-state index contributed by atoms with van der Waals surface area (Å²) in [4.78, 5) is 49.0. The first kappa shape index (κ1) is 40.5. The summed E-state index contributed by atoms with van der Waals surface area (Å²) in [5.74, 6) is 1.18. The van der Waals surface area contributed by atoms with Crippen LogP contribution in [0.5, 0.6) is 0 Å². The van der Waals surface area contributed by atoms with Crippen molar-refractivity contribution in [2.24, 2.45) is 23.2 Å². The molecule has 0 aliphatic heterocycles. The number of carbonyl (C=O) groups excluding carboxylic acids is 4. The summed E-state index contributed by atoms with van der Waals surface area (Å²) in [5.41, 5.74) is 0.404. The Morgan fingerprint density at radius 3 is 1.34 bits per heavy atom. The summed E-state index contributed by atoms with van der Waals surface area (Å²) in [6, 6.07) is 0. The minimum atomic E-state index is -0.398. The lowest BCUT2D eigenvalue weighted by Crippen LogP contribution is -2.36. The van der Waals surface area contributed by atoms with Crippen LogP contribution in [-0.2, 0) is 38.1 Å². The van der Waals surface area contributed by atoms with E-state index in [0.717, 1.165) is 88.9 Å². The zero-order valence-corrected chi connectivity index (χ0v) is 29.9. The molecule has 8 nitrogen and oxygen atoms in total. The van der Waals surface area contributed by atoms with Gasteiger partial charge in [-0.1, -0.05) is 45.8 Å². The number of carbonyl (C=O) groups is 4. The predicted molar refractivity (Wildman–Crippen MR) is 184 cm³/mol. The van der Waals surface area contributed by atoms with E-state index in [2.05, 4.69) is 20.1 Å². The van der Waals surface area contributed by atoms with E-state index < -0.39 is 5.41 Å². The van der Waals surface area contributed by atoms with Crippen LogP contribution in [0.15, 0.2) is 24.3 Å². The Morgan fingerprint density at radius 1 is 0.574 bits per heavy atom. The van der Waals surface area contributed by atoms with Crippen LogP contribution in [0.25, 0.3) is 0 Å². The summed E-state index contributed by atoms with van der Waals surface area (Å²) >= 11 is 0. The van der Waals surface area contributed by atoms with Crippen LogP contribution >= 0.6 is 0 Å². The van der Waals surface area contributed by atoms with Crippen molar-refractivity contribution >= 4 is 23.9 Å². The normalized spacial score (nSPS) is 19.4. The van der Waals surface area contributed by atoms with Gasteiger partial charge in [0.05, 0.1) is 39.3 Å². The molecule has 0 aromatic carbocycles. The van der Waals surface area contributed by atoms with Gasteiger partial charge in [-0.15, -0.1) is 0 Å². The van der Waals surface area contributed by atoms with Crippen LogP contribution in [0.3, 0.4) is 0 Å². The van der Waals surface area contributed by atoms with Crippen molar-refractivity contribution in [2.45, 2.75) is 149 Å². The third-order valence-electron chi connectivity index (χ3n) is 10.2. The summed E-state index contributed by atoms with van der Waals surface area (Å²) in [6.07, 6.45) is 18.9. The molecule has 2 aliphatic carbocycles. The lowest BCUT2D eigenvalue weighted by Gasteiger charge is -2.43. The highest BCUT2D eigenvalue weighted by molar-refractivity contribution is 5.87. The summed E-state index contributed by atoms with van der Waals surface area (Å²) in [7, 11) is 0. The lowest BCUT2D eigenvalue weighted by molar-refractivity contribution is -0.152. The maximum absolute atomic E-state index is 13.0. The zero-order valence-electron chi connectivity index (χ0n) is 29.9. The molecule has 0 amide bonds. The van der Waals surface area contributed by atoms with E-state index in [0.29, 0.717) is 43.5 Å². The van der Waals surface area contributed by atoms with Gasteiger partial charge in [0.25, 0.3) is 0 Å². The molecule has 0 aromatic rings. The molecule has 0 atom stereocenters. The third-order valence-corrected chi connectivity index (χ3v) is 10.2. The highest BCUT2D eigenvalue weighted by atomic mass is 16.5. The van der Waals surface area contributed by atoms with Gasteiger partial charge >= 0.3 is 23.9 Å². The maximum atomic E-state index is 13.0. The topological polar surface area (TPSA) is 105 Å². The Labute approximate surface area is 284 Å². The van der Waals surface area contributed by atoms with E-state index in [4.69, 9.17) is 18.9 Å². The van der Waals surface area contributed by atoms with Gasteiger partial charge in [-0.3, -0.25) is 9.59 Å². The standard InChI is InChI=1S/C39H64O8/c1-6-15-32-16-18-33(19-17-32)34-20-22-39(23-21-34,28-35(40)44-24-11-7-9-13-26-46-37(42)30(2)3)29-36(41)45-25-12-8-10-14-27-47-38(43)31(4)5/h32-34H,2,4,6-29H2,1,3,5H3. The minimum absolute atomic E-state index is 0.223. The third kappa shape index (κ3) is 16.8. The van der Waals surface area contributed by atoms with Crippen LogP contribution in [0.1, 0.15) is 149 Å². The van der Waals surface area contributed by atoms with E-state index in [1.165, 1.54) is 38.5 Å². The van der Waals surface area contributed by atoms with Crippen molar-refractivity contribution in [3.63, 3.8) is 0 Å². The summed E-state index contributed by atoms with van der Waals surface area (Å²) < 4.78 is 21.6. The van der Waals surface area contributed by atoms with E-state index in [1.54, 1.807) is 13.8 Å².